The van der Waals surface area contributed by atoms with Gasteiger partial charge in [-0.3, -0.25) is 24.0 Å². The van der Waals surface area contributed by atoms with Crippen LogP contribution in [0.4, 0.5) is 0 Å². The van der Waals surface area contributed by atoms with Crippen LogP contribution in [0.25, 0.3) is 0 Å². The van der Waals surface area contributed by atoms with E-state index in [1.54, 1.807) is 13.8 Å². The Morgan fingerprint density at radius 3 is 1.58 bits per heavy atom. The van der Waals surface area contributed by atoms with E-state index in [4.69, 9.17) is 21.1 Å². The molecule has 0 spiro atoms. The summed E-state index contributed by atoms with van der Waals surface area (Å²) >= 11 is 0. The maximum absolute atomic E-state index is 12.4. The Labute approximate surface area is 177 Å². The highest BCUT2D eigenvalue weighted by molar-refractivity contribution is 5.96. The molecule has 0 rings (SSSR count). The monoisotopic (exact) mass is 448 g/mol. The van der Waals surface area contributed by atoms with Crippen molar-refractivity contribution in [3.8, 4) is 0 Å². The molecule has 0 aliphatic rings. The molecular weight excluding hydrogens is 420 g/mol. The molecule has 0 fully saturated rings. The molecule has 4 atom stereocenters. The minimum atomic E-state index is -1.83. The van der Waals surface area contributed by atoms with Crippen LogP contribution in [0.3, 0.4) is 0 Å². The van der Waals surface area contributed by atoms with Gasteiger partial charge in [-0.15, -0.1) is 0 Å². The lowest BCUT2D eigenvalue weighted by molar-refractivity contribution is -0.147. The smallest absolute Gasteiger partial charge is 0.326 e. The number of nitrogens with one attached hydrogen (secondary N) is 3. The average molecular weight is 448 g/mol. The maximum Gasteiger partial charge on any atom is 0.326 e. The predicted octanol–water partition coefficient (Wildman–Crippen LogP) is -3.16. The third kappa shape index (κ3) is 10.9. The van der Waals surface area contributed by atoms with Crippen molar-refractivity contribution in [1.29, 1.82) is 0 Å². The van der Waals surface area contributed by atoms with Gasteiger partial charge in [0.05, 0.1) is 25.5 Å². The van der Waals surface area contributed by atoms with Crippen LogP contribution in [0, 0.1) is 5.92 Å². The Morgan fingerprint density at radius 2 is 1.16 bits per heavy atom. The normalized spacial score (nSPS) is 14.6. The minimum absolute atomic E-state index is 0.0444. The number of nitrogens with two attached hydrogens (primary N) is 1. The van der Waals surface area contributed by atoms with E-state index in [0.717, 1.165) is 0 Å². The molecule has 3 amide bonds. The summed E-state index contributed by atoms with van der Waals surface area (Å²) in [4.78, 5) is 69.4. The lowest BCUT2D eigenvalue weighted by Crippen LogP contribution is -2.58. The second-order valence-electron chi connectivity index (χ2n) is 7.14. The molecule has 14 nitrogen and oxygen atoms in total. The van der Waals surface area contributed by atoms with Gasteiger partial charge in [-0.1, -0.05) is 13.8 Å². The summed E-state index contributed by atoms with van der Waals surface area (Å²) in [6, 6.07) is -6.23. The molecule has 0 heterocycles. The van der Waals surface area contributed by atoms with Crippen LogP contribution >= 0.6 is 0 Å². The number of carboxylic acid groups (broad SMARTS) is 3. The first-order chi connectivity index (χ1) is 14.3. The largest absolute Gasteiger partial charge is 0.481 e. The van der Waals surface area contributed by atoms with E-state index in [1.807, 2.05) is 10.6 Å². The Hall–Kier alpha value is -3.26. The summed E-state index contributed by atoms with van der Waals surface area (Å²) in [5, 5.41) is 42.0. The number of carbonyl (C=O) groups excluding carboxylic acids is 3. The third-order valence-corrected chi connectivity index (χ3v) is 3.88. The molecule has 4 unspecified atom stereocenters. The number of rotatable bonds is 14. The van der Waals surface area contributed by atoms with E-state index in [2.05, 4.69) is 5.32 Å². The van der Waals surface area contributed by atoms with Crippen LogP contribution < -0.4 is 21.7 Å². The van der Waals surface area contributed by atoms with Crippen LogP contribution in [0.1, 0.15) is 33.1 Å². The molecule has 31 heavy (non-hydrogen) atoms. The van der Waals surface area contributed by atoms with Crippen LogP contribution in [0.15, 0.2) is 0 Å². The van der Waals surface area contributed by atoms with E-state index >= 15 is 0 Å². The Morgan fingerprint density at radius 1 is 0.742 bits per heavy atom. The lowest BCUT2D eigenvalue weighted by atomic mass is 10.0. The van der Waals surface area contributed by atoms with Gasteiger partial charge in [0, 0.05) is 0 Å². The topological polar surface area (TPSA) is 245 Å². The number of aliphatic hydroxyl groups excluding tert-OH is 1. The van der Waals surface area contributed by atoms with Crippen LogP contribution in [-0.2, 0) is 28.8 Å². The van der Waals surface area contributed by atoms with Crippen molar-refractivity contribution in [3.05, 3.63) is 0 Å². The fourth-order valence-corrected chi connectivity index (χ4v) is 2.39. The molecule has 0 saturated carbocycles. The van der Waals surface area contributed by atoms with Gasteiger partial charge in [-0.2, -0.15) is 0 Å². The molecule has 0 radical (unpaired) electrons. The second-order valence-corrected chi connectivity index (χ2v) is 7.14. The summed E-state index contributed by atoms with van der Waals surface area (Å²) in [6.45, 7) is 2.58. The fraction of sp³-hybridized carbons (Fsp3) is 0.647. The van der Waals surface area contributed by atoms with E-state index < -0.39 is 79.2 Å². The molecule has 0 aliphatic carbocycles. The standard InChI is InChI=1S/C17H28N4O10/c1-7(2)3-8(18)14(27)19-9(4-12(23)24)15(28)21-11(6-22)16(29)20-10(17(30)31)5-13(25)26/h7-11,22H,3-6,18H2,1-2H3,(H,19,27)(H,20,29)(H,21,28)(H,23,24)(H,25,26)(H,30,31). The first-order valence-electron chi connectivity index (χ1n) is 9.22. The molecule has 0 aromatic heterocycles. The van der Waals surface area contributed by atoms with Gasteiger partial charge >= 0.3 is 17.9 Å². The zero-order valence-corrected chi connectivity index (χ0v) is 17.0. The maximum atomic E-state index is 12.4. The molecule has 14 heteroatoms. The van der Waals surface area contributed by atoms with Gasteiger partial charge in [0.25, 0.3) is 0 Å². The molecule has 0 aliphatic heterocycles. The SMILES string of the molecule is CC(C)CC(N)C(=O)NC(CC(=O)O)C(=O)NC(CO)C(=O)NC(CC(=O)O)C(=O)O. The molecule has 176 valence electrons. The van der Waals surface area contributed by atoms with Crippen molar-refractivity contribution in [2.75, 3.05) is 6.61 Å². The van der Waals surface area contributed by atoms with Crippen molar-refractivity contribution in [2.45, 2.75) is 57.3 Å². The number of carbonyl (C=O) groups is 6. The van der Waals surface area contributed by atoms with Crippen molar-refractivity contribution in [1.82, 2.24) is 16.0 Å². The molecule has 0 aromatic carbocycles. The zero-order chi connectivity index (χ0) is 24.3. The van der Waals surface area contributed by atoms with E-state index in [-0.39, 0.29) is 12.3 Å². The van der Waals surface area contributed by atoms with E-state index in [0.29, 0.717) is 0 Å². The first-order valence-corrected chi connectivity index (χ1v) is 9.22. The van der Waals surface area contributed by atoms with Crippen LogP contribution in [0.2, 0.25) is 0 Å². The van der Waals surface area contributed by atoms with Gasteiger partial charge in [-0.25, -0.2) is 4.79 Å². The van der Waals surface area contributed by atoms with Gasteiger partial charge in [0.1, 0.15) is 18.1 Å². The summed E-state index contributed by atoms with van der Waals surface area (Å²) in [6.07, 6.45) is -1.56. The number of hydrogen-bond donors (Lipinski definition) is 8. The summed E-state index contributed by atoms with van der Waals surface area (Å²) in [5.74, 6) is -7.74. The number of hydrogen-bond acceptors (Lipinski definition) is 8. The highest BCUT2D eigenvalue weighted by Crippen LogP contribution is 2.04. The summed E-state index contributed by atoms with van der Waals surface area (Å²) in [5.41, 5.74) is 5.70. The first kappa shape index (κ1) is 27.7. The van der Waals surface area contributed by atoms with Crippen molar-refractivity contribution in [2.24, 2.45) is 11.7 Å². The average Bonchev–Trinajstić information content (AvgIpc) is 2.63. The lowest BCUT2D eigenvalue weighted by Gasteiger charge is -2.23. The summed E-state index contributed by atoms with van der Waals surface area (Å²) in [7, 11) is 0. The molecular formula is C17H28N4O10. The molecule has 9 N–H and O–H groups in total. The Balaban J connectivity index is 5.27. The molecule has 0 bridgehead atoms. The Kier molecular flexibility index (Phi) is 11.7. The fourth-order valence-electron chi connectivity index (χ4n) is 2.39. The van der Waals surface area contributed by atoms with Crippen molar-refractivity contribution >= 4 is 35.6 Å². The quantitative estimate of drug-likeness (QED) is 0.132. The Bertz CT molecular complexity index is 696. The molecule has 0 aromatic rings. The second kappa shape index (κ2) is 13.1. The zero-order valence-electron chi connectivity index (χ0n) is 17.0. The van der Waals surface area contributed by atoms with Crippen LogP contribution in [0.5, 0.6) is 0 Å². The van der Waals surface area contributed by atoms with Crippen molar-refractivity contribution < 1.29 is 49.2 Å². The number of carboxylic acids is 3. The van der Waals surface area contributed by atoms with E-state index in [1.165, 1.54) is 0 Å². The van der Waals surface area contributed by atoms with Gasteiger partial charge < -0.3 is 42.1 Å². The van der Waals surface area contributed by atoms with Gasteiger partial charge in [0.2, 0.25) is 17.7 Å². The van der Waals surface area contributed by atoms with Crippen LogP contribution in [-0.4, -0.2) is 86.8 Å². The third-order valence-electron chi connectivity index (χ3n) is 3.88. The molecule has 0 saturated heterocycles. The highest BCUT2D eigenvalue weighted by atomic mass is 16.4. The summed E-state index contributed by atoms with van der Waals surface area (Å²) < 4.78 is 0. The number of aliphatic carboxylic acids is 3. The number of amides is 3. The van der Waals surface area contributed by atoms with Crippen molar-refractivity contribution in [3.63, 3.8) is 0 Å². The predicted molar refractivity (Wildman–Crippen MR) is 102 cm³/mol. The minimum Gasteiger partial charge on any atom is -0.481 e. The van der Waals surface area contributed by atoms with E-state index in [9.17, 15) is 33.9 Å². The van der Waals surface area contributed by atoms with Gasteiger partial charge in [-0.05, 0) is 12.3 Å². The highest BCUT2D eigenvalue weighted by Gasteiger charge is 2.31. The van der Waals surface area contributed by atoms with Gasteiger partial charge in [0.15, 0.2) is 0 Å². The number of aliphatic hydroxyl groups is 1.